The van der Waals surface area contributed by atoms with E-state index in [1.54, 1.807) is 17.8 Å². The molecule has 0 unspecified atom stereocenters. The number of carbonyl (C=O) groups excluding carboxylic acids is 3. The van der Waals surface area contributed by atoms with Gasteiger partial charge in [-0.05, 0) is 36.4 Å². The summed E-state index contributed by atoms with van der Waals surface area (Å²) in [4.78, 5) is 35.9. The summed E-state index contributed by atoms with van der Waals surface area (Å²) in [5, 5.41) is 5.02. The van der Waals surface area contributed by atoms with Crippen LogP contribution >= 0.6 is 11.8 Å². The molecule has 2 aromatic rings. The second-order valence-corrected chi connectivity index (χ2v) is 6.35. The first-order chi connectivity index (χ1) is 12.6. The number of thioether (sulfide) groups is 1. The predicted octanol–water partition coefficient (Wildman–Crippen LogP) is 1.85. The Morgan fingerprint density at radius 1 is 1.04 bits per heavy atom. The van der Waals surface area contributed by atoms with E-state index < -0.39 is 11.9 Å². The zero-order valence-corrected chi connectivity index (χ0v) is 14.9. The lowest BCUT2D eigenvalue weighted by molar-refractivity contribution is -0.147. The summed E-state index contributed by atoms with van der Waals surface area (Å²) in [5.41, 5.74) is 0. The standard InChI is InChI=1S/C18H20N2O5S/c21-16(19-9-5-11-26-14-6-2-1-3-7-14)13-25-17(22)12-20-18(23)15-8-4-10-24-15/h1-4,6-8,10H,5,9,11-13H2,(H,19,21)(H,20,23). The number of carbonyl (C=O) groups is 3. The first-order valence-corrected chi connectivity index (χ1v) is 9.05. The van der Waals surface area contributed by atoms with Crippen LogP contribution in [0.5, 0.6) is 0 Å². The van der Waals surface area contributed by atoms with Crippen LogP contribution in [0.2, 0.25) is 0 Å². The highest BCUT2D eigenvalue weighted by Crippen LogP contribution is 2.17. The summed E-state index contributed by atoms with van der Waals surface area (Å²) in [6.07, 6.45) is 2.16. The summed E-state index contributed by atoms with van der Waals surface area (Å²) in [6.45, 7) is -0.201. The van der Waals surface area contributed by atoms with Crippen LogP contribution < -0.4 is 10.6 Å². The van der Waals surface area contributed by atoms with Crippen LogP contribution in [0.15, 0.2) is 58.0 Å². The molecule has 138 valence electrons. The third-order valence-electron chi connectivity index (χ3n) is 3.16. The molecule has 0 saturated carbocycles. The molecule has 0 aliphatic carbocycles. The number of nitrogens with one attached hydrogen (secondary N) is 2. The van der Waals surface area contributed by atoms with E-state index in [2.05, 4.69) is 10.6 Å². The number of hydrogen-bond donors (Lipinski definition) is 2. The van der Waals surface area contributed by atoms with Crippen LogP contribution in [-0.4, -0.2) is 43.2 Å². The zero-order valence-electron chi connectivity index (χ0n) is 14.1. The van der Waals surface area contributed by atoms with Crippen LogP contribution in [0, 0.1) is 0 Å². The average molecular weight is 376 g/mol. The highest BCUT2D eigenvalue weighted by atomic mass is 32.2. The van der Waals surface area contributed by atoms with Gasteiger partial charge in [-0.3, -0.25) is 14.4 Å². The van der Waals surface area contributed by atoms with Gasteiger partial charge < -0.3 is 19.8 Å². The van der Waals surface area contributed by atoms with Crippen LogP contribution in [0.4, 0.5) is 0 Å². The summed E-state index contributed by atoms with van der Waals surface area (Å²) in [7, 11) is 0. The lowest BCUT2D eigenvalue weighted by Crippen LogP contribution is -2.34. The van der Waals surface area contributed by atoms with E-state index >= 15 is 0 Å². The highest BCUT2D eigenvalue weighted by molar-refractivity contribution is 7.99. The van der Waals surface area contributed by atoms with Gasteiger partial charge >= 0.3 is 5.97 Å². The predicted molar refractivity (Wildman–Crippen MR) is 96.8 cm³/mol. The minimum Gasteiger partial charge on any atom is -0.459 e. The van der Waals surface area contributed by atoms with E-state index in [1.165, 1.54) is 17.2 Å². The molecule has 0 atom stereocenters. The SMILES string of the molecule is O=C(COC(=O)CNC(=O)c1ccco1)NCCCSc1ccccc1. The van der Waals surface area contributed by atoms with E-state index in [9.17, 15) is 14.4 Å². The molecule has 2 N–H and O–H groups in total. The molecule has 1 aromatic heterocycles. The van der Waals surface area contributed by atoms with Gasteiger partial charge in [0.15, 0.2) is 12.4 Å². The van der Waals surface area contributed by atoms with Gasteiger partial charge in [-0.15, -0.1) is 11.8 Å². The van der Waals surface area contributed by atoms with E-state index in [0.29, 0.717) is 6.54 Å². The molecular weight excluding hydrogens is 356 g/mol. The first kappa shape index (κ1) is 19.6. The number of esters is 1. The van der Waals surface area contributed by atoms with Crippen molar-refractivity contribution in [3.05, 3.63) is 54.5 Å². The minimum atomic E-state index is -0.695. The number of benzene rings is 1. The molecule has 1 aromatic carbocycles. The molecule has 0 aliphatic rings. The van der Waals surface area contributed by atoms with E-state index in [-0.39, 0.29) is 24.8 Å². The number of ether oxygens (including phenoxy) is 1. The number of rotatable bonds is 10. The van der Waals surface area contributed by atoms with E-state index in [0.717, 1.165) is 12.2 Å². The van der Waals surface area contributed by atoms with Crippen molar-refractivity contribution in [3.8, 4) is 0 Å². The van der Waals surface area contributed by atoms with Crippen molar-refractivity contribution >= 4 is 29.5 Å². The molecule has 7 nitrogen and oxygen atoms in total. The van der Waals surface area contributed by atoms with E-state index in [4.69, 9.17) is 9.15 Å². The fourth-order valence-corrected chi connectivity index (χ4v) is 2.78. The Hall–Kier alpha value is -2.74. The van der Waals surface area contributed by atoms with Crippen molar-refractivity contribution in [1.82, 2.24) is 10.6 Å². The topological polar surface area (TPSA) is 97.6 Å². The Kier molecular flexibility index (Phi) is 8.28. The zero-order chi connectivity index (χ0) is 18.6. The van der Waals surface area contributed by atoms with Crippen LogP contribution in [-0.2, 0) is 14.3 Å². The van der Waals surface area contributed by atoms with Crippen molar-refractivity contribution in [1.29, 1.82) is 0 Å². The molecule has 1 heterocycles. The molecule has 0 radical (unpaired) electrons. The Bertz CT molecular complexity index is 704. The quantitative estimate of drug-likeness (QED) is 0.373. The molecule has 2 amide bonds. The maximum absolute atomic E-state index is 11.6. The number of amides is 2. The molecule has 2 rings (SSSR count). The number of furan rings is 1. The third-order valence-corrected chi connectivity index (χ3v) is 4.26. The smallest absolute Gasteiger partial charge is 0.325 e. The fourth-order valence-electron chi connectivity index (χ4n) is 1.90. The van der Waals surface area contributed by atoms with Gasteiger partial charge in [0.2, 0.25) is 0 Å². The maximum Gasteiger partial charge on any atom is 0.325 e. The lowest BCUT2D eigenvalue weighted by atomic mass is 10.4. The van der Waals surface area contributed by atoms with Gasteiger partial charge in [0, 0.05) is 11.4 Å². The largest absolute Gasteiger partial charge is 0.459 e. The number of hydrogen-bond acceptors (Lipinski definition) is 6. The van der Waals surface area contributed by atoms with Gasteiger partial charge in [-0.1, -0.05) is 18.2 Å². The Balaban J connectivity index is 1.50. The Labute approximate surface area is 155 Å². The maximum atomic E-state index is 11.6. The van der Waals surface area contributed by atoms with Crippen molar-refractivity contribution < 1.29 is 23.5 Å². The summed E-state index contributed by atoms with van der Waals surface area (Å²) < 4.78 is 9.68. The van der Waals surface area contributed by atoms with Crippen molar-refractivity contribution in [3.63, 3.8) is 0 Å². The second-order valence-electron chi connectivity index (χ2n) is 5.19. The summed E-state index contributed by atoms with van der Waals surface area (Å²) in [6, 6.07) is 13.0. The molecule has 0 aliphatic heterocycles. The summed E-state index contributed by atoms with van der Waals surface area (Å²) >= 11 is 1.71. The van der Waals surface area contributed by atoms with Crippen molar-refractivity contribution in [2.24, 2.45) is 0 Å². The molecule has 26 heavy (non-hydrogen) atoms. The van der Waals surface area contributed by atoms with Crippen molar-refractivity contribution in [2.75, 3.05) is 25.4 Å². The normalized spacial score (nSPS) is 10.2. The molecule has 0 fully saturated rings. The van der Waals surface area contributed by atoms with E-state index in [1.807, 2.05) is 30.3 Å². The monoisotopic (exact) mass is 376 g/mol. The molecule has 0 bridgehead atoms. The highest BCUT2D eigenvalue weighted by Gasteiger charge is 2.12. The van der Waals surface area contributed by atoms with Crippen LogP contribution in [0.3, 0.4) is 0 Å². The van der Waals surface area contributed by atoms with Gasteiger partial charge in [0.1, 0.15) is 6.54 Å². The van der Waals surface area contributed by atoms with Crippen molar-refractivity contribution in [2.45, 2.75) is 11.3 Å². The van der Waals surface area contributed by atoms with Gasteiger partial charge in [0.05, 0.1) is 6.26 Å². The lowest BCUT2D eigenvalue weighted by Gasteiger charge is -2.07. The van der Waals surface area contributed by atoms with Crippen LogP contribution in [0.1, 0.15) is 17.0 Å². The van der Waals surface area contributed by atoms with Gasteiger partial charge in [0.25, 0.3) is 11.8 Å². The molecular formula is C18H20N2O5S. The third kappa shape index (κ3) is 7.43. The minimum absolute atomic E-state index is 0.101. The van der Waals surface area contributed by atoms with Crippen LogP contribution in [0.25, 0.3) is 0 Å². The molecule has 8 heteroatoms. The Morgan fingerprint density at radius 2 is 1.85 bits per heavy atom. The van der Waals surface area contributed by atoms with Gasteiger partial charge in [-0.2, -0.15) is 0 Å². The molecule has 0 saturated heterocycles. The first-order valence-electron chi connectivity index (χ1n) is 8.07. The average Bonchev–Trinajstić information content (AvgIpc) is 3.20. The summed E-state index contributed by atoms with van der Waals surface area (Å²) in [5.74, 6) is -0.612. The molecule has 0 spiro atoms. The Morgan fingerprint density at radius 3 is 2.58 bits per heavy atom. The second kappa shape index (κ2) is 11.0. The fraction of sp³-hybridized carbons (Fsp3) is 0.278. The van der Waals surface area contributed by atoms with Gasteiger partial charge in [-0.25, -0.2) is 0 Å².